The van der Waals surface area contributed by atoms with Gasteiger partial charge in [-0.05, 0) is 56.6 Å². The number of ether oxygens (including phenoxy) is 1. The second-order valence-corrected chi connectivity index (χ2v) is 12.5. The van der Waals surface area contributed by atoms with Crippen LogP contribution in [0.1, 0.15) is 103 Å². The van der Waals surface area contributed by atoms with Crippen LogP contribution < -0.4 is 0 Å². The van der Waals surface area contributed by atoms with Crippen LogP contribution in [0.2, 0.25) is 0 Å². The van der Waals surface area contributed by atoms with Crippen molar-refractivity contribution in [2.24, 2.45) is 0 Å². The summed E-state index contributed by atoms with van der Waals surface area (Å²) in [5, 5.41) is 20.7. The zero-order valence-electron chi connectivity index (χ0n) is 28.2. The van der Waals surface area contributed by atoms with E-state index >= 15 is 0 Å². The molecule has 1 atom stereocenters. The molecule has 13 heteroatoms. The number of aromatic nitrogens is 1. The maximum Gasteiger partial charge on any atom is 0.328 e. The monoisotopic (exact) mass is 693 g/mol. The molecule has 12 nitrogen and oxygen atoms in total. The summed E-state index contributed by atoms with van der Waals surface area (Å²) in [6, 6.07) is 11.3. The Balaban J connectivity index is 0.000000627. The van der Waals surface area contributed by atoms with Gasteiger partial charge in [-0.3, -0.25) is 24.2 Å². The number of likely N-dealkylation sites (tertiary alicyclic amines) is 1. The second kappa shape index (κ2) is 18.7. The van der Waals surface area contributed by atoms with Crippen molar-refractivity contribution in [1.29, 1.82) is 0 Å². The van der Waals surface area contributed by atoms with Gasteiger partial charge in [0.2, 0.25) is 0 Å². The fourth-order valence-corrected chi connectivity index (χ4v) is 6.26. The molecule has 1 saturated heterocycles. The fourth-order valence-electron chi connectivity index (χ4n) is 6.26. The number of nitrogens with zero attached hydrogens (tertiary/aromatic N) is 3. The molecule has 3 aromatic rings. The maximum atomic E-state index is 13.6. The van der Waals surface area contributed by atoms with Gasteiger partial charge in [-0.25, -0.2) is 14.0 Å². The van der Waals surface area contributed by atoms with Crippen LogP contribution in [0.4, 0.5) is 4.39 Å². The van der Waals surface area contributed by atoms with Crippen molar-refractivity contribution < 1.29 is 47.8 Å². The maximum absolute atomic E-state index is 13.6. The molecule has 1 fully saturated rings. The summed E-state index contributed by atoms with van der Waals surface area (Å²) in [6.07, 6.45) is 10.2. The molecule has 5 rings (SSSR count). The van der Waals surface area contributed by atoms with E-state index in [0.29, 0.717) is 41.8 Å². The van der Waals surface area contributed by atoms with E-state index in [9.17, 15) is 28.4 Å². The van der Waals surface area contributed by atoms with E-state index in [0.717, 1.165) is 56.3 Å². The van der Waals surface area contributed by atoms with Gasteiger partial charge < -0.3 is 19.5 Å². The highest BCUT2D eigenvalue weighted by Gasteiger charge is 2.38. The lowest BCUT2D eigenvalue weighted by Crippen LogP contribution is -2.46. The van der Waals surface area contributed by atoms with Crippen molar-refractivity contribution in [1.82, 2.24) is 15.0 Å². The lowest BCUT2D eigenvalue weighted by molar-refractivity contribution is -0.150. The number of halogens is 1. The van der Waals surface area contributed by atoms with Crippen LogP contribution in [0.15, 0.2) is 59.1 Å². The molecule has 1 aromatic heterocycles. The molecule has 3 heterocycles. The zero-order chi connectivity index (χ0) is 36.0. The van der Waals surface area contributed by atoms with Gasteiger partial charge in [-0.2, -0.15) is 0 Å². The number of unbranched alkanes of at least 4 members (excludes halogenated alkanes) is 6. The molecular weight excluding hydrogens is 649 g/mol. The van der Waals surface area contributed by atoms with Crippen LogP contribution >= 0.6 is 0 Å². The van der Waals surface area contributed by atoms with Crippen LogP contribution in [0.5, 0.6) is 0 Å². The SMILES string of the molecule is CCCCCCCCCC(=O)OC(CN1CCC(c2noc3cc(F)ccc23)CC1)CN1C(=O)c2ccccc2C1=O.O=C(O)C=CC(=O)O. The third-order valence-corrected chi connectivity index (χ3v) is 8.81. The minimum atomic E-state index is -1.26. The van der Waals surface area contributed by atoms with Crippen molar-refractivity contribution in [2.75, 3.05) is 26.2 Å². The van der Waals surface area contributed by atoms with Gasteiger partial charge in [0.1, 0.15) is 11.9 Å². The Kier molecular flexibility index (Phi) is 14.2. The van der Waals surface area contributed by atoms with E-state index in [1.54, 1.807) is 30.3 Å². The number of carboxylic acids is 2. The third-order valence-electron chi connectivity index (χ3n) is 8.81. The highest BCUT2D eigenvalue weighted by atomic mass is 19.1. The molecule has 0 spiro atoms. The Labute approximate surface area is 289 Å². The molecule has 50 heavy (non-hydrogen) atoms. The number of imide groups is 1. The zero-order valence-corrected chi connectivity index (χ0v) is 28.2. The summed E-state index contributed by atoms with van der Waals surface area (Å²) in [6.45, 7) is 4.10. The summed E-state index contributed by atoms with van der Waals surface area (Å²) in [4.78, 5) is 61.5. The van der Waals surface area contributed by atoms with Crippen LogP contribution in [-0.2, 0) is 19.1 Å². The smallest absolute Gasteiger partial charge is 0.328 e. The topological polar surface area (TPSA) is 168 Å². The molecule has 0 aliphatic carbocycles. The number of benzene rings is 2. The average molecular weight is 694 g/mol. The van der Waals surface area contributed by atoms with Crippen molar-refractivity contribution in [2.45, 2.75) is 83.2 Å². The second-order valence-electron chi connectivity index (χ2n) is 12.5. The van der Waals surface area contributed by atoms with E-state index in [1.807, 2.05) is 0 Å². The number of carbonyl (C=O) groups is 5. The van der Waals surface area contributed by atoms with E-state index in [4.69, 9.17) is 19.5 Å². The molecular formula is C37H44FN3O9. The van der Waals surface area contributed by atoms with Gasteiger partial charge in [0.15, 0.2) is 5.58 Å². The number of rotatable bonds is 16. The minimum absolute atomic E-state index is 0.0223. The molecule has 0 bridgehead atoms. The predicted molar refractivity (Wildman–Crippen MR) is 181 cm³/mol. The first kappa shape index (κ1) is 37.9. The largest absolute Gasteiger partial charge is 0.478 e. The summed E-state index contributed by atoms with van der Waals surface area (Å²) >= 11 is 0. The van der Waals surface area contributed by atoms with Gasteiger partial charge in [0.05, 0.1) is 23.4 Å². The van der Waals surface area contributed by atoms with E-state index in [1.165, 1.54) is 42.7 Å². The number of piperidine rings is 1. The predicted octanol–water partition coefficient (Wildman–Crippen LogP) is 6.21. The summed E-state index contributed by atoms with van der Waals surface area (Å²) in [5.74, 6) is -3.69. The van der Waals surface area contributed by atoms with Crippen molar-refractivity contribution in [3.05, 3.63) is 77.3 Å². The summed E-state index contributed by atoms with van der Waals surface area (Å²) < 4.78 is 24.9. The van der Waals surface area contributed by atoms with Crippen LogP contribution in [0, 0.1) is 5.82 Å². The van der Waals surface area contributed by atoms with Gasteiger partial charge in [0, 0.05) is 42.5 Å². The standard InChI is InChI=1S/C33H40FN3O5.C4H4O4/c1-2-3-4-5-6-7-8-13-30(38)41-25(22-37-32(39)26-11-9-10-12-27(26)33(37)40)21-36-18-16-23(17-19-36)31-28-15-14-24(34)20-29(28)42-35-31;5-3(6)1-2-4(7)8/h9-12,14-15,20,23,25H,2-8,13,16-19,21-22H2,1H3;1-2H,(H,5,6)(H,7,8). The fraction of sp³-hybridized carbons (Fsp3) is 0.459. The van der Waals surface area contributed by atoms with Gasteiger partial charge in [0.25, 0.3) is 11.8 Å². The number of amides is 2. The van der Waals surface area contributed by atoms with Crippen LogP contribution in [0.3, 0.4) is 0 Å². The Morgan fingerprint density at radius 2 is 1.52 bits per heavy atom. The Bertz CT molecular complexity index is 1630. The third kappa shape index (κ3) is 10.8. The number of fused-ring (bicyclic) bond motifs is 2. The molecule has 0 radical (unpaired) electrons. The number of aliphatic carboxylic acids is 2. The number of hydrogen-bond acceptors (Lipinski definition) is 9. The number of carboxylic acid groups (broad SMARTS) is 2. The number of esters is 1. The molecule has 2 amide bonds. The lowest BCUT2D eigenvalue weighted by atomic mass is 9.91. The highest BCUT2D eigenvalue weighted by Crippen LogP contribution is 2.33. The first-order valence-corrected chi connectivity index (χ1v) is 17.1. The molecule has 2 N–H and O–H groups in total. The molecule has 2 aromatic carbocycles. The van der Waals surface area contributed by atoms with Crippen LogP contribution in [0.25, 0.3) is 11.0 Å². The van der Waals surface area contributed by atoms with Gasteiger partial charge in [-0.1, -0.05) is 62.7 Å². The quantitative estimate of drug-likeness (QED) is 0.0758. The summed E-state index contributed by atoms with van der Waals surface area (Å²) in [7, 11) is 0. The lowest BCUT2D eigenvalue weighted by Gasteiger charge is -2.34. The summed E-state index contributed by atoms with van der Waals surface area (Å²) in [5.41, 5.74) is 2.06. The normalized spacial score (nSPS) is 15.6. The first-order chi connectivity index (χ1) is 24.1. The van der Waals surface area contributed by atoms with Crippen LogP contribution in [-0.4, -0.2) is 87.2 Å². The first-order valence-electron chi connectivity index (χ1n) is 17.1. The van der Waals surface area contributed by atoms with E-state index in [-0.39, 0.29) is 36.1 Å². The minimum Gasteiger partial charge on any atom is -0.478 e. The molecule has 268 valence electrons. The Hall–Kier alpha value is -4.91. The van der Waals surface area contributed by atoms with E-state index in [2.05, 4.69) is 17.0 Å². The van der Waals surface area contributed by atoms with Crippen molar-refractivity contribution >= 4 is 40.7 Å². The molecule has 1 unspecified atom stereocenters. The Morgan fingerprint density at radius 1 is 0.920 bits per heavy atom. The number of hydrogen-bond donors (Lipinski definition) is 2. The van der Waals surface area contributed by atoms with Gasteiger partial charge in [-0.15, -0.1) is 0 Å². The van der Waals surface area contributed by atoms with E-state index < -0.39 is 18.0 Å². The molecule has 2 aliphatic heterocycles. The Morgan fingerprint density at radius 3 is 2.12 bits per heavy atom. The van der Waals surface area contributed by atoms with Crippen molar-refractivity contribution in [3.63, 3.8) is 0 Å². The average Bonchev–Trinajstić information content (AvgIpc) is 3.62. The number of carbonyl (C=O) groups excluding carboxylic acids is 3. The van der Waals surface area contributed by atoms with Crippen molar-refractivity contribution in [3.8, 4) is 0 Å². The highest BCUT2D eigenvalue weighted by molar-refractivity contribution is 6.21. The molecule has 2 aliphatic rings. The van der Waals surface area contributed by atoms with Gasteiger partial charge >= 0.3 is 17.9 Å². The molecule has 0 saturated carbocycles.